The van der Waals surface area contributed by atoms with Crippen LogP contribution in [0.2, 0.25) is 0 Å². The zero-order valence-corrected chi connectivity index (χ0v) is 5.68. The topological polar surface area (TPSA) is 105 Å². The average molecular weight is 147 g/mol. The number of hydrogen-bond acceptors (Lipinski definition) is 4. The Morgan fingerprint density at radius 2 is 2.00 bits per heavy atom. The molecule has 0 heterocycles. The largest absolute Gasteiger partial charge is 0.337 e. The van der Waals surface area contributed by atoms with Gasteiger partial charge in [-0.2, -0.15) is 0 Å². The van der Waals surface area contributed by atoms with Crippen LogP contribution in [0, 0.1) is 0 Å². The third kappa shape index (κ3) is 5.29. The first-order valence-corrected chi connectivity index (χ1v) is 2.99. The molecule has 0 saturated heterocycles. The predicted molar refractivity (Wildman–Crippen MR) is 37.5 cm³/mol. The van der Waals surface area contributed by atoms with E-state index in [0.717, 1.165) is 6.42 Å². The highest BCUT2D eigenvalue weighted by atomic mass is 16.2. The van der Waals surface area contributed by atoms with E-state index in [1.54, 1.807) is 0 Å². The van der Waals surface area contributed by atoms with Gasteiger partial charge >= 0.3 is 6.03 Å². The number of carbonyl (C=O) groups is 1. The van der Waals surface area contributed by atoms with Gasteiger partial charge in [-0.25, -0.2) is 10.6 Å². The Kier molecular flexibility index (Phi) is 5.74. The molecule has 60 valence electrons. The zero-order valence-electron chi connectivity index (χ0n) is 5.68. The molecule has 0 radical (unpaired) electrons. The minimum absolute atomic E-state index is 0.378. The first-order valence-electron chi connectivity index (χ1n) is 2.99. The van der Waals surface area contributed by atoms with E-state index in [2.05, 4.69) is 10.7 Å². The van der Waals surface area contributed by atoms with Crippen molar-refractivity contribution in [2.24, 2.45) is 11.7 Å². The summed E-state index contributed by atoms with van der Waals surface area (Å²) >= 11 is 0. The molecule has 0 aromatic heterocycles. The predicted octanol–water partition coefficient (Wildman–Crippen LogP) is -1.99. The maximum absolute atomic E-state index is 10.4. The Morgan fingerprint density at radius 1 is 1.30 bits per heavy atom. The summed E-state index contributed by atoms with van der Waals surface area (Å²) in [4.78, 5) is 10.4. The molecule has 0 rings (SSSR count). The van der Waals surface area contributed by atoms with Gasteiger partial charge in [-0.05, 0) is 6.42 Å². The van der Waals surface area contributed by atoms with Gasteiger partial charge in [0.1, 0.15) is 0 Å². The molecule has 0 fully saturated rings. The lowest BCUT2D eigenvalue weighted by atomic mass is 10.4. The molecule has 6 heteroatoms. The SMILES string of the molecule is NNCCCNC(=O)NN. The molecule has 0 atom stereocenters. The van der Waals surface area contributed by atoms with Crippen LogP contribution in [0.4, 0.5) is 4.79 Å². The molecule has 0 aromatic rings. The van der Waals surface area contributed by atoms with Crippen LogP contribution in [0.25, 0.3) is 0 Å². The molecule has 0 aromatic carbocycles. The number of hydrazine groups is 2. The molecule has 0 bridgehead atoms. The van der Waals surface area contributed by atoms with E-state index >= 15 is 0 Å². The highest BCUT2D eigenvalue weighted by molar-refractivity contribution is 5.72. The quantitative estimate of drug-likeness (QED) is 0.137. The second kappa shape index (κ2) is 6.27. The van der Waals surface area contributed by atoms with Crippen molar-refractivity contribution in [2.75, 3.05) is 13.1 Å². The second-order valence-electron chi connectivity index (χ2n) is 1.71. The first kappa shape index (κ1) is 9.15. The summed E-state index contributed by atoms with van der Waals surface area (Å²) in [5, 5.41) is 2.50. The number of carbonyl (C=O) groups excluding carboxylic acids is 1. The zero-order chi connectivity index (χ0) is 7.82. The summed E-state index contributed by atoms with van der Waals surface area (Å²) < 4.78 is 0. The van der Waals surface area contributed by atoms with Crippen LogP contribution in [0.3, 0.4) is 0 Å². The van der Waals surface area contributed by atoms with Crippen molar-refractivity contribution < 1.29 is 4.79 Å². The fraction of sp³-hybridized carbons (Fsp3) is 0.750. The van der Waals surface area contributed by atoms with Gasteiger partial charge in [-0.1, -0.05) is 0 Å². The Morgan fingerprint density at radius 3 is 2.50 bits per heavy atom. The van der Waals surface area contributed by atoms with E-state index < -0.39 is 0 Å². The lowest BCUT2D eigenvalue weighted by Crippen LogP contribution is -2.40. The third-order valence-electron chi connectivity index (χ3n) is 0.915. The highest BCUT2D eigenvalue weighted by Crippen LogP contribution is 1.69. The minimum atomic E-state index is -0.378. The van der Waals surface area contributed by atoms with Gasteiger partial charge in [0.05, 0.1) is 0 Å². The van der Waals surface area contributed by atoms with Crippen LogP contribution in [0.15, 0.2) is 0 Å². The Labute approximate surface area is 59.3 Å². The van der Waals surface area contributed by atoms with Crippen molar-refractivity contribution in [3.8, 4) is 0 Å². The molecular formula is C4H13N5O. The molecule has 0 spiro atoms. The van der Waals surface area contributed by atoms with Crippen molar-refractivity contribution in [3.63, 3.8) is 0 Å². The minimum Gasteiger partial charge on any atom is -0.337 e. The summed E-state index contributed by atoms with van der Waals surface area (Å²) in [6, 6.07) is -0.378. The summed E-state index contributed by atoms with van der Waals surface area (Å²) in [7, 11) is 0. The van der Waals surface area contributed by atoms with E-state index in [0.29, 0.717) is 13.1 Å². The molecule has 0 aliphatic heterocycles. The van der Waals surface area contributed by atoms with Crippen molar-refractivity contribution in [3.05, 3.63) is 0 Å². The van der Waals surface area contributed by atoms with Crippen molar-refractivity contribution >= 4 is 6.03 Å². The van der Waals surface area contributed by atoms with Gasteiger partial charge in [0.15, 0.2) is 0 Å². The molecule has 0 saturated carbocycles. The van der Waals surface area contributed by atoms with Crippen molar-refractivity contribution in [2.45, 2.75) is 6.42 Å². The molecule has 7 N–H and O–H groups in total. The number of urea groups is 1. The number of hydrogen-bond donors (Lipinski definition) is 5. The van der Waals surface area contributed by atoms with E-state index in [1.165, 1.54) is 0 Å². The maximum atomic E-state index is 10.4. The standard InChI is InChI=1S/C4H13N5O/c5-8-3-1-2-7-4(10)9-6/h8H,1-3,5-6H2,(H2,7,9,10). The highest BCUT2D eigenvalue weighted by Gasteiger charge is 1.92. The number of nitrogens with one attached hydrogen (secondary N) is 3. The van der Waals surface area contributed by atoms with Crippen LogP contribution in [0.1, 0.15) is 6.42 Å². The molecule has 6 nitrogen and oxygen atoms in total. The number of nitrogens with two attached hydrogens (primary N) is 2. The van der Waals surface area contributed by atoms with E-state index in [1.807, 2.05) is 5.43 Å². The maximum Gasteiger partial charge on any atom is 0.328 e. The molecule has 0 aliphatic rings. The summed E-state index contributed by atoms with van der Waals surface area (Å²) in [5.74, 6) is 9.76. The van der Waals surface area contributed by atoms with Crippen LogP contribution in [-0.4, -0.2) is 19.1 Å². The Bertz CT molecular complexity index is 95.6. The smallest absolute Gasteiger partial charge is 0.328 e. The van der Waals surface area contributed by atoms with Gasteiger partial charge in [0.25, 0.3) is 0 Å². The van der Waals surface area contributed by atoms with Gasteiger partial charge in [0.2, 0.25) is 0 Å². The molecule has 2 amide bonds. The fourth-order valence-electron chi connectivity index (χ4n) is 0.443. The lowest BCUT2D eigenvalue weighted by molar-refractivity contribution is 0.241. The summed E-state index contributed by atoms with van der Waals surface area (Å²) in [5.41, 5.74) is 4.40. The van der Waals surface area contributed by atoms with E-state index in [4.69, 9.17) is 11.7 Å². The monoisotopic (exact) mass is 147 g/mol. The van der Waals surface area contributed by atoms with Crippen LogP contribution in [-0.2, 0) is 0 Å². The fourth-order valence-corrected chi connectivity index (χ4v) is 0.443. The second-order valence-corrected chi connectivity index (χ2v) is 1.71. The van der Waals surface area contributed by atoms with Crippen LogP contribution < -0.4 is 27.9 Å². The molecule has 0 unspecified atom stereocenters. The van der Waals surface area contributed by atoms with Gasteiger partial charge in [-0.3, -0.25) is 16.7 Å². The average Bonchev–Trinajstić information content (AvgIpc) is 1.98. The number of rotatable bonds is 4. The van der Waals surface area contributed by atoms with Gasteiger partial charge in [0, 0.05) is 13.1 Å². The van der Waals surface area contributed by atoms with Crippen LogP contribution in [0.5, 0.6) is 0 Å². The molecular weight excluding hydrogens is 134 g/mol. The molecule has 0 aliphatic carbocycles. The Hall–Kier alpha value is -0.850. The van der Waals surface area contributed by atoms with Gasteiger partial charge in [-0.15, -0.1) is 0 Å². The lowest BCUT2D eigenvalue weighted by Gasteiger charge is -2.02. The van der Waals surface area contributed by atoms with E-state index in [-0.39, 0.29) is 6.03 Å². The summed E-state index contributed by atoms with van der Waals surface area (Å²) in [6.07, 6.45) is 0.782. The van der Waals surface area contributed by atoms with Crippen molar-refractivity contribution in [1.29, 1.82) is 0 Å². The van der Waals surface area contributed by atoms with Crippen molar-refractivity contribution in [1.82, 2.24) is 16.2 Å². The van der Waals surface area contributed by atoms with Crippen LogP contribution >= 0.6 is 0 Å². The third-order valence-corrected chi connectivity index (χ3v) is 0.915. The van der Waals surface area contributed by atoms with E-state index in [9.17, 15) is 4.79 Å². The normalized spacial score (nSPS) is 9.00. The summed E-state index contributed by atoms with van der Waals surface area (Å²) in [6.45, 7) is 1.23. The first-order chi connectivity index (χ1) is 4.81. The number of amides is 2. The Balaban J connectivity index is 2.96. The molecule has 10 heavy (non-hydrogen) atoms. The van der Waals surface area contributed by atoms with Gasteiger partial charge < -0.3 is 5.32 Å².